The number of halogens is 1. The molecular formula is C15H15BrN2OS. The molecule has 0 aliphatic rings. The summed E-state index contributed by atoms with van der Waals surface area (Å²) in [4.78, 5) is 13.2. The first-order valence-corrected chi connectivity index (χ1v) is 7.81. The second-order valence-corrected chi connectivity index (χ2v) is 6.57. The van der Waals surface area contributed by atoms with Crippen molar-refractivity contribution in [2.24, 2.45) is 0 Å². The third-order valence-electron chi connectivity index (χ3n) is 2.67. The number of nitrogen functional groups attached to an aromatic ring is 1. The molecule has 0 fully saturated rings. The highest BCUT2D eigenvalue weighted by Gasteiger charge is 2.15. The van der Waals surface area contributed by atoms with E-state index in [0.717, 1.165) is 15.1 Å². The van der Waals surface area contributed by atoms with Gasteiger partial charge >= 0.3 is 0 Å². The molecule has 1 amide bonds. The van der Waals surface area contributed by atoms with Gasteiger partial charge in [0.2, 0.25) is 5.91 Å². The molecule has 2 aromatic rings. The zero-order valence-corrected chi connectivity index (χ0v) is 13.4. The lowest BCUT2D eigenvalue weighted by atomic mass is 10.3. The van der Waals surface area contributed by atoms with E-state index in [4.69, 9.17) is 5.73 Å². The Bertz CT molecular complexity index is 618. The van der Waals surface area contributed by atoms with Crippen LogP contribution in [0.2, 0.25) is 0 Å². The van der Waals surface area contributed by atoms with Gasteiger partial charge in [-0.05, 0) is 53.2 Å². The lowest BCUT2D eigenvalue weighted by Gasteiger charge is -2.13. The van der Waals surface area contributed by atoms with Crippen LogP contribution in [0.3, 0.4) is 0 Å². The van der Waals surface area contributed by atoms with Crippen LogP contribution in [0.15, 0.2) is 57.9 Å². The minimum atomic E-state index is -0.205. The highest BCUT2D eigenvalue weighted by atomic mass is 79.9. The smallest absolute Gasteiger partial charge is 0.237 e. The summed E-state index contributed by atoms with van der Waals surface area (Å²) in [6.07, 6.45) is 0. The molecule has 1 unspecified atom stereocenters. The number of carbonyl (C=O) groups excluding carboxylic acids is 1. The number of thioether (sulfide) groups is 1. The number of hydrogen-bond acceptors (Lipinski definition) is 3. The molecular weight excluding hydrogens is 336 g/mol. The second-order valence-electron chi connectivity index (χ2n) is 4.30. The van der Waals surface area contributed by atoms with Gasteiger partial charge in [0, 0.05) is 15.1 Å². The molecule has 3 N–H and O–H groups in total. The summed E-state index contributed by atoms with van der Waals surface area (Å²) in [6.45, 7) is 1.88. The van der Waals surface area contributed by atoms with E-state index in [1.54, 1.807) is 0 Å². The summed E-state index contributed by atoms with van der Waals surface area (Å²) in [5.41, 5.74) is 7.21. The van der Waals surface area contributed by atoms with E-state index in [1.807, 2.05) is 55.5 Å². The van der Waals surface area contributed by atoms with E-state index in [-0.39, 0.29) is 11.2 Å². The first-order chi connectivity index (χ1) is 9.56. The molecule has 0 spiro atoms. The summed E-state index contributed by atoms with van der Waals surface area (Å²) in [5, 5.41) is 2.70. The lowest BCUT2D eigenvalue weighted by molar-refractivity contribution is -0.115. The molecule has 1 atom stereocenters. The first-order valence-electron chi connectivity index (χ1n) is 6.14. The van der Waals surface area contributed by atoms with Gasteiger partial charge in [0.05, 0.1) is 10.9 Å². The quantitative estimate of drug-likeness (QED) is 0.643. The van der Waals surface area contributed by atoms with Crippen LogP contribution in [-0.4, -0.2) is 11.2 Å². The molecule has 0 heterocycles. The molecule has 2 rings (SSSR count). The molecule has 0 aliphatic heterocycles. The number of rotatable bonds is 4. The Kier molecular flexibility index (Phi) is 5.09. The number of nitrogens with two attached hydrogens (primary N) is 1. The van der Waals surface area contributed by atoms with Gasteiger partial charge in [-0.2, -0.15) is 0 Å². The SMILES string of the molecule is CC(Sc1cccc(N)c1)C(=O)Nc1ccccc1Br. The number of nitrogens with one attached hydrogen (secondary N) is 1. The van der Waals surface area contributed by atoms with E-state index in [1.165, 1.54) is 11.8 Å². The standard InChI is InChI=1S/C15H15BrN2OS/c1-10(20-12-6-4-5-11(17)9-12)15(19)18-14-8-3-2-7-13(14)16/h2-10H,17H2,1H3,(H,18,19). The van der Waals surface area contributed by atoms with Crippen molar-refractivity contribution in [2.75, 3.05) is 11.1 Å². The number of hydrogen-bond donors (Lipinski definition) is 2. The fourth-order valence-corrected chi connectivity index (χ4v) is 2.96. The Morgan fingerprint density at radius 1 is 1.25 bits per heavy atom. The fourth-order valence-electron chi connectivity index (χ4n) is 1.64. The maximum atomic E-state index is 12.2. The summed E-state index contributed by atoms with van der Waals surface area (Å²) >= 11 is 4.90. The molecule has 20 heavy (non-hydrogen) atoms. The van der Waals surface area contributed by atoms with Gasteiger partial charge in [0.25, 0.3) is 0 Å². The number of para-hydroxylation sites is 1. The van der Waals surface area contributed by atoms with Gasteiger partial charge in [0.15, 0.2) is 0 Å². The molecule has 0 saturated heterocycles. The average Bonchev–Trinajstić information content (AvgIpc) is 2.41. The zero-order valence-electron chi connectivity index (χ0n) is 11.0. The Hall–Kier alpha value is -1.46. The monoisotopic (exact) mass is 350 g/mol. The van der Waals surface area contributed by atoms with E-state index in [0.29, 0.717) is 5.69 Å². The highest BCUT2D eigenvalue weighted by molar-refractivity contribution is 9.10. The number of amides is 1. The minimum Gasteiger partial charge on any atom is -0.399 e. The number of carbonyl (C=O) groups is 1. The first kappa shape index (κ1) is 14.9. The van der Waals surface area contributed by atoms with Crippen molar-refractivity contribution in [1.82, 2.24) is 0 Å². The van der Waals surface area contributed by atoms with E-state index >= 15 is 0 Å². The summed E-state index contributed by atoms with van der Waals surface area (Å²) in [7, 11) is 0. The summed E-state index contributed by atoms with van der Waals surface area (Å²) in [5.74, 6) is -0.0377. The second kappa shape index (κ2) is 6.81. The van der Waals surface area contributed by atoms with Crippen LogP contribution in [-0.2, 0) is 4.79 Å². The van der Waals surface area contributed by atoms with Gasteiger partial charge in [-0.1, -0.05) is 18.2 Å². The summed E-state index contributed by atoms with van der Waals surface area (Å²) < 4.78 is 0.870. The van der Waals surface area contributed by atoms with Crippen molar-refractivity contribution in [3.8, 4) is 0 Å². The highest BCUT2D eigenvalue weighted by Crippen LogP contribution is 2.27. The van der Waals surface area contributed by atoms with E-state index in [9.17, 15) is 4.79 Å². The van der Waals surface area contributed by atoms with Crippen molar-refractivity contribution < 1.29 is 4.79 Å². The van der Waals surface area contributed by atoms with Crippen LogP contribution >= 0.6 is 27.7 Å². The molecule has 5 heteroatoms. The van der Waals surface area contributed by atoms with Crippen LogP contribution in [0.5, 0.6) is 0 Å². The Morgan fingerprint density at radius 2 is 2.00 bits per heavy atom. The molecule has 2 aromatic carbocycles. The molecule has 0 bridgehead atoms. The molecule has 3 nitrogen and oxygen atoms in total. The van der Waals surface area contributed by atoms with Crippen molar-refractivity contribution in [3.05, 3.63) is 53.0 Å². The van der Waals surface area contributed by atoms with Crippen molar-refractivity contribution in [1.29, 1.82) is 0 Å². The van der Waals surface area contributed by atoms with Crippen molar-refractivity contribution >= 4 is 45.0 Å². The van der Waals surface area contributed by atoms with Crippen LogP contribution in [0, 0.1) is 0 Å². The molecule has 104 valence electrons. The minimum absolute atomic E-state index is 0.0377. The maximum Gasteiger partial charge on any atom is 0.237 e. The van der Waals surface area contributed by atoms with Crippen LogP contribution < -0.4 is 11.1 Å². The Labute approximate surface area is 131 Å². The predicted molar refractivity (Wildman–Crippen MR) is 88.9 cm³/mol. The zero-order chi connectivity index (χ0) is 14.5. The Balaban J connectivity index is 2.01. The topological polar surface area (TPSA) is 55.1 Å². The molecule has 0 aliphatic carbocycles. The predicted octanol–water partition coefficient (Wildman–Crippen LogP) is 4.15. The summed E-state index contributed by atoms with van der Waals surface area (Å²) in [6, 6.07) is 15.1. The third-order valence-corrected chi connectivity index (χ3v) is 4.46. The van der Waals surface area contributed by atoms with Gasteiger partial charge in [0.1, 0.15) is 0 Å². The third kappa shape index (κ3) is 4.02. The van der Waals surface area contributed by atoms with Gasteiger partial charge < -0.3 is 11.1 Å². The van der Waals surface area contributed by atoms with Crippen molar-refractivity contribution in [3.63, 3.8) is 0 Å². The molecule has 0 radical (unpaired) electrons. The fraction of sp³-hybridized carbons (Fsp3) is 0.133. The normalized spacial score (nSPS) is 11.9. The number of benzene rings is 2. The van der Waals surface area contributed by atoms with Crippen LogP contribution in [0.25, 0.3) is 0 Å². The van der Waals surface area contributed by atoms with E-state index in [2.05, 4.69) is 21.2 Å². The maximum absolute atomic E-state index is 12.2. The average molecular weight is 351 g/mol. The molecule has 0 saturated carbocycles. The number of anilines is 2. The molecule has 0 aromatic heterocycles. The lowest BCUT2D eigenvalue weighted by Crippen LogP contribution is -2.22. The van der Waals surface area contributed by atoms with Crippen molar-refractivity contribution in [2.45, 2.75) is 17.1 Å². The van der Waals surface area contributed by atoms with E-state index < -0.39 is 0 Å². The largest absolute Gasteiger partial charge is 0.399 e. The van der Waals surface area contributed by atoms with Gasteiger partial charge in [-0.25, -0.2) is 0 Å². The van der Waals surface area contributed by atoms with Crippen LogP contribution in [0.1, 0.15) is 6.92 Å². The van der Waals surface area contributed by atoms with Gasteiger partial charge in [-0.15, -0.1) is 11.8 Å². The van der Waals surface area contributed by atoms with Gasteiger partial charge in [-0.3, -0.25) is 4.79 Å². The Morgan fingerprint density at radius 3 is 2.70 bits per heavy atom. The van der Waals surface area contributed by atoms with Crippen LogP contribution in [0.4, 0.5) is 11.4 Å².